The molecule has 2 heteroatoms. The van der Waals surface area contributed by atoms with Gasteiger partial charge in [0.2, 0.25) is 0 Å². The maximum absolute atomic E-state index is 3.68. The van der Waals surface area contributed by atoms with Crippen LogP contribution >= 0.6 is 0 Å². The maximum atomic E-state index is 3.68. The summed E-state index contributed by atoms with van der Waals surface area (Å²) >= 11 is 0. The number of aryl methyl sites for hydroxylation is 2. The first-order chi connectivity index (χ1) is 18.4. The second-order valence-corrected chi connectivity index (χ2v) is 8.44. The largest absolute Gasteiger partial charge is 0.387 e. The van der Waals surface area contributed by atoms with Crippen molar-refractivity contribution in [1.82, 2.24) is 10.6 Å². The summed E-state index contributed by atoms with van der Waals surface area (Å²) < 4.78 is 0. The number of hydrogen-bond donors (Lipinski definition) is 2. The van der Waals surface area contributed by atoms with Gasteiger partial charge in [-0.15, -0.1) is 19.7 Å². The van der Waals surface area contributed by atoms with Crippen LogP contribution in [0.25, 0.3) is 0 Å². The van der Waals surface area contributed by atoms with E-state index in [1.54, 1.807) is 0 Å². The predicted octanol–water partition coefficient (Wildman–Crippen LogP) is 9.80. The lowest BCUT2D eigenvalue weighted by atomic mass is 10.1. The fourth-order valence-corrected chi connectivity index (χ4v) is 2.88. The Balaban J connectivity index is -0.000000496. The van der Waals surface area contributed by atoms with Crippen molar-refractivity contribution in [3.05, 3.63) is 133 Å². The van der Waals surface area contributed by atoms with Crippen LogP contribution in [0, 0.1) is 6.92 Å². The Morgan fingerprint density at radius 2 is 1.45 bits per heavy atom. The molecule has 2 nitrogen and oxygen atoms in total. The second-order valence-electron chi connectivity index (χ2n) is 8.44. The third-order valence-corrected chi connectivity index (χ3v) is 5.51. The number of likely N-dealkylation sites (N-methyl/N-ethyl adjacent to an activating group) is 1. The Kier molecular flexibility index (Phi) is 31.2. The van der Waals surface area contributed by atoms with Gasteiger partial charge < -0.3 is 10.6 Å². The first-order valence-corrected chi connectivity index (χ1v) is 13.9. The molecule has 0 spiro atoms. The van der Waals surface area contributed by atoms with Crippen molar-refractivity contribution in [2.45, 2.75) is 74.1 Å². The van der Waals surface area contributed by atoms with Gasteiger partial charge in [0.1, 0.15) is 0 Å². The summed E-state index contributed by atoms with van der Waals surface area (Å²) in [4.78, 5) is 0. The van der Waals surface area contributed by atoms with Crippen LogP contribution in [0.15, 0.2) is 116 Å². The molecule has 0 atom stereocenters. The molecule has 2 N–H and O–H groups in total. The van der Waals surface area contributed by atoms with E-state index in [9.17, 15) is 0 Å². The first kappa shape index (κ1) is 39.4. The van der Waals surface area contributed by atoms with Crippen LogP contribution in [0.4, 0.5) is 0 Å². The van der Waals surface area contributed by atoms with Gasteiger partial charge in [-0.05, 0) is 77.1 Å². The van der Waals surface area contributed by atoms with Gasteiger partial charge in [0.05, 0.1) is 0 Å². The molecular weight excluding hydrogens is 460 g/mol. The third-order valence-electron chi connectivity index (χ3n) is 5.51. The molecule has 0 bridgehead atoms. The topological polar surface area (TPSA) is 24.1 Å². The minimum Gasteiger partial charge on any atom is -0.387 e. The van der Waals surface area contributed by atoms with E-state index in [0.29, 0.717) is 0 Å². The molecule has 2 rings (SSSR count). The lowest BCUT2D eigenvalue weighted by molar-refractivity contribution is 0.699. The highest BCUT2D eigenvalue weighted by Crippen LogP contribution is 2.09. The number of benzene rings is 2. The molecule has 0 fully saturated rings. The summed E-state index contributed by atoms with van der Waals surface area (Å²) in [6.45, 7) is 29.9. The zero-order chi connectivity index (χ0) is 29.6. The molecule has 0 aliphatic rings. The first-order valence-electron chi connectivity index (χ1n) is 13.9. The maximum Gasteiger partial charge on any atom is 0.0269 e. The SMILES string of the molecule is C=C.C=CC(C)=C(C)C.C=CCCc1ccccc1.CC.CC/C(=C\Cc1ccccc1C)NCCNC. The predicted molar refractivity (Wildman–Crippen MR) is 177 cm³/mol. The molecule has 0 heterocycles. The van der Waals surface area contributed by atoms with Crippen LogP contribution in [0.5, 0.6) is 0 Å². The highest BCUT2D eigenvalue weighted by molar-refractivity contribution is 5.28. The van der Waals surface area contributed by atoms with Crippen LogP contribution in [-0.4, -0.2) is 20.1 Å². The van der Waals surface area contributed by atoms with E-state index >= 15 is 0 Å². The molecule has 212 valence electrons. The third kappa shape index (κ3) is 23.3. The van der Waals surface area contributed by atoms with E-state index < -0.39 is 0 Å². The molecule has 0 unspecified atom stereocenters. The summed E-state index contributed by atoms with van der Waals surface area (Å²) in [5, 5.41) is 6.60. The summed E-state index contributed by atoms with van der Waals surface area (Å²) in [6, 6.07) is 19.0. The normalized spacial score (nSPS) is 9.32. The van der Waals surface area contributed by atoms with Crippen LogP contribution in [-0.2, 0) is 12.8 Å². The second kappa shape index (κ2) is 30.1. The van der Waals surface area contributed by atoms with E-state index in [0.717, 1.165) is 38.8 Å². The Labute approximate surface area is 237 Å². The summed E-state index contributed by atoms with van der Waals surface area (Å²) in [6.07, 6.45) is 10.4. The van der Waals surface area contributed by atoms with Crippen LogP contribution < -0.4 is 10.6 Å². The van der Waals surface area contributed by atoms with Crippen LogP contribution in [0.3, 0.4) is 0 Å². The van der Waals surface area contributed by atoms with E-state index in [1.807, 2.05) is 39.1 Å². The minimum atomic E-state index is 0.990. The molecule has 0 radical (unpaired) electrons. The Hall–Kier alpha value is -3.10. The molecule has 0 saturated heterocycles. The zero-order valence-corrected chi connectivity index (χ0v) is 26.0. The Bertz CT molecular complexity index is 871. The highest BCUT2D eigenvalue weighted by Gasteiger charge is 1.97. The number of allylic oxidation sites excluding steroid dienone is 6. The van der Waals surface area contributed by atoms with E-state index in [1.165, 1.54) is 33.5 Å². The zero-order valence-electron chi connectivity index (χ0n) is 26.0. The molecule has 2 aromatic rings. The van der Waals surface area contributed by atoms with Crippen molar-refractivity contribution < 1.29 is 0 Å². The van der Waals surface area contributed by atoms with Gasteiger partial charge >= 0.3 is 0 Å². The summed E-state index contributed by atoms with van der Waals surface area (Å²) in [7, 11) is 1.98. The molecule has 38 heavy (non-hydrogen) atoms. The minimum absolute atomic E-state index is 0.990. The van der Waals surface area contributed by atoms with Crippen molar-refractivity contribution in [3.8, 4) is 0 Å². The molecule has 0 aromatic heterocycles. The molecular formula is C36H58N2. The average Bonchev–Trinajstić information content (AvgIpc) is 2.97. The smallest absolute Gasteiger partial charge is 0.0269 e. The molecule has 0 aliphatic heterocycles. The van der Waals surface area contributed by atoms with Gasteiger partial charge in [-0.2, -0.15) is 0 Å². The van der Waals surface area contributed by atoms with Crippen LogP contribution in [0.2, 0.25) is 0 Å². The monoisotopic (exact) mass is 518 g/mol. The lowest BCUT2D eigenvalue weighted by Gasteiger charge is -2.09. The molecule has 2 aromatic carbocycles. The number of hydrogen-bond acceptors (Lipinski definition) is 2. The highest BCUT2D eigenvalue weighted by atomic mass is 14.9. The Morgan fingerprint density at radius 1 is 0.868 bits per heavy atom. The van der Waals surface area contributed by atoms with Crippen molar-refractivity contribution in [2.24, 2.45) is 0 Å². The van der Waals surface area contributed by atoms with Crippen LogP contribution in [0.1, 0.15) is 71.1 Å². The molecule has 0 saturated carbocycles. The van der Waals surface area contributed by atoms with E-state index in [-0.39, 0.29) is 0 Å². The number of rotatable bonds is 11. The van der Waals surface area contributed by atoms with Gasteiger partial charge in [-0.25, -0.2) is 0 Å². The summed E-state index contributed by atoms with van der Waals surface area (Å²) in [5.74, 6) is 0. The quantitative estimate of drug-likeness (QED) is 0.176. The lowest BCUT2D eigenvalue weighted by Crippen LogP contribution is -2.24. The van der Waals surface area contributed by atoms with Gasteiger partial charge in [0.25, 0.3) is 0 Å². The van der Waals surface area contributed by atoms with Gasteiger partial charge in [0.15, 0.2) is 0 Å². The van der Waals surface area contributed by atoms with E-state index in [4.69, 9.17) is 0 Å². The van der Waals surface area contributed by atoms with Crippen molar-refractivity contribution in [3.63, 3.8) is 0 Å². The molecule has 0 aliphatic carbocycles. The van der Waals surface area contributed by atoms with Crippen molar-refractivity contribution in [1.29, 1.82) is 0 Å². The average molecular weight is 519 g/mol. The number of nitrogens with one attached hydrogen (secondary N) is 2. The van der Waals surface area contributed by atoms with Crippen molar-refractivity contribution >= 4 is 0 Å². The molecule has 0 amide bonds. The standard InChI is InChI=1S/C15H24N2.C10H12.C7H12.C2H6.C2H4/c1-4-15(17-12-11-16-3)10-9-14-8-6-5-7-13(14)2;1-2-3-7-10-8-5-4-6-9-10;1-5-7(4)6(2)3;2*1-2/h5-8,10,16-17H,4,9,11-12H2,1-3H3;2,4-6,8-9H,1,3,7H2;5H,1H2,2-4H3;1-2H3;1-2H2/b15-10+;;;;. The fraction of sp³-hybridized carbons (Fsp3) is 0.389. The van der Waals surface area contributed by atoms with Gasteiger partial charge in [-0.3, -0.25) is 0 Å². The summed E-state index contributed by atoms with van der Waals surface area (Å²) in [5.41, 5.74) is 8.13. The van der Waals surface area contributed by atoms with E-state index in [2.05, 4.69) is 126 Å². The van der Waals surface area contributed by atoms with Gasteiger partial charge in [-0.1, -0.05) is 111 Å². The fourth-order valence-electron chi connectivity index (χ4n) is 2.88. The Morgan fingerprint density at radius 3 is 1.89 bits per heavy atom. The van der Waals surface area contributed by atoms with Crippen molar-refractivity contribution in [2.75, 3.05) is 20.1 Å². The van der Waals surface area contributed by atoms with Gasteiger partial charge in [0, 0.05) is 18.8 Å².